The molecule has 0 amide bonds. The van der Waals surface area contributed by atoms with Gasteiger partial charge in [0.25, 0.3) is 0 Å². The van der Waals surface area contributed by atoms with Crippen molar-refractivity contribution in [2.24, 2.45) is 5.73 Å². The third-order valence-electron chi connectivity index (χ3n) is 4.55. The monoisotopic (exact) mass is 394 g/mol. The van der Waals surface area contributed by atoms with Gasteiger partial charge in [0.2, 0.25) is 0 Å². The van der Waals surface area contributed by atoms with Crippen LogP contribution in [0.2, 0.25) is 0 Å². The molecular formula is C20H31N2O4P. The predicted molar refractivity (Wildman–Crippen MR) is 106 cm³/mol. The van der Waals surface area contributed by atoms with E-state index in [0.29, 0.717) is 30.8 Å². The first-order valence-electron chi connectivity index (χ1n) is 9.58. The molecule has 0 aliphatic rings. The van der Waals surface area contributed by atoms with Crippen molar-refractivity contribution in [3.8, 4) is 11.8 Å². The van der Waals surface area contributed by atoms with E-state index >= 15 is 0 Å². The molecule has 0 fully saturated rings. The molecule has 0 radical (unpaired) electrons. The van der Waals surface area contributed by atoms with E-state index in [1.807, 2.05) is 12.1 Å². The molecule has 1 atom stereocenters. The molecule has 0 aliphatic carbocycles. The fourth-order valence-electron chi connectivity index (χ4n) is 2.76. The average Bonchev–Trinajstić information content (AvgIpc) is 2.70. The van der Waals surface area contributed by atoms with Crippen LogP contribution in [0.1, 0.15) is 63.0 Å². The lowest BCUT2D eigenvalue weighted by molar-refractivity contribution is 0.133. The Morgan fingerprint density at radius 1 is 1.26 bits per heavy atom. The van der Waals surface area contributed by atoms with Crippen molar-refractivity contribution in [1.29, 1.82) is 5.26 Å². The minimum absolute atomic E-state index is 0.000880. The van der Waals surface area contributed by atoms with Gasteiger partial charge in [-0.3, -0.25) is 4.52 Å². The fourth-order valence-corrected chi connectivity index (χ4v) is 3.07. The predicted octanol–water partition coefficient (Wildman–Crippen LogP) is 4.14. The van der Waals surface area contributed by atoms with E-state index in [1.165, 1.54) is 25.7 Å². The highest BCUT2D eigenvalue weighted by atomic mass is 31.1. The van der Waals surface area contributed by atoms with Crippen LogP contribution in [0.4, 0.5) is 0 Å². The highest BCUT2D eigenvalue weighted by molar-refractivity contribution is 7.17. The molecule has 0 heterocycles. The molecule has 6 nitrogen and oxygen atoms in total. The van der Waals surface area contributed by atoms with E-state index in [9.17, 15) is 14.9 Å². The van der Waals surface area contributed by atoms with E-state index in [2.05, 4.69) is 13.0 Å². The Kier molecular flexibility index (Phi) is 11.9. The Morgan fingerprint density at radius 3 is 2.67 bits per heavy atom. The molecule has 150 valence electrons. The normalized spacial score (nSPS) is 13.3. The van der Waals surface area contributed by atoms with Crippen molar-refractivity contribution in [3.05, 3.63) is 29.3 Å². The zero-order valence-corrected chi connectivity index (χ0v) is 17.0. The number of benzene rings is 1. The van der Waals surface area contributed by atoms with Crippen LogP contribution in [-0.4, -0.2) is 30.5 Å². The summed E-state index contributed by atoms with van der Waals surface area (Å²) in [7, 11) is -0.456. The largest absolute Gasteiger partial charge is 0.492 e. The Morgan fingerprint density at radius 2 is 2.00 bits per heavy atom. The van der Waals surface area contributed by atoms with Crippen LogP contribution >= 0.6 is 8.69 Å². The maximum Gasteiger partial charge on any atom is 0.327 e. The molecule has 0 spiro atoms. The van der Waals surface area contributed by atoms with Gasteiger partial charge >= 0.3 is 8.69 Å². The number of ether oxygens (including phenoxy) is 1. The molecule has 0 saturated heterocycles. The molecule has 1 unspecified atom stereocenters. The van der Waals surface area contributed by atoms with Crippen LogP contribution in [0.3, 0.4) is 0 Å². The summed E-state index contributed by atoms with van der Waals surface area (Å²) in [6, 6.07) is 7.69. The first-order valence-corrected chi connectivity index (χ1v) is 10.3. The molecule has 7 heteroatoms. The SMILES string of the molecule is CCCCCCCCOc1ccc(CCC(N)(CO)COP=O)cc1C#N. The summed E-state index contributed by atoms with van der Waals surface area (Å²) < 4.78 is 21.0. The van der Waals surface area contributed by atoms with Gasteiger partial charge in [-0.05, 0) is 37.0 Å². The summed E-state index contributed by atoms with van der Waals surface area (Å²) in [5, 5.41) is 18.8. The van der Waals surface area contributed by atoms with Gasteiger partial charge in [0.15, 0.2) is 0 Å². The zero-order valence-electron chi connectivity index (χ0n) is 16.2. The van der Waals surface area contributed by atoms with Gasteiger partial charge in [0.05, 0.1) is 30.9 Å². The molecule has 1 rings (SSSR count). The molecule has 0 saturated carbocycles. The van der Waals surface area contributed by atoms with Crippen molar-refractivity contribution in [1.82, 2.24) is 0 Å². The Hall–Kier alpha value is -1.51. The van der Waals surface area contributed by atoms with Crippen LogP contribution in [-0.2, 0) is 15.5 Å². The number of aliphatic hydroxyl groups excluding tert-OH is 1. The Labute approximate surface area is 164 Å². The average molecular weight is 394 g/mol. The van der Waals surface area contributed by atoms with Gasteiger partial charge in [-0.2, -0.15) is 5.26 Å². The lowest BCUT2D eigenvalue weighted by Gasteiger charge is -2.25. The second-order valence-corrected chi connectivity index (χ2v) is 7.33. The second-order valence-electron chi connectivity index (χ2n) is 6.93. The number of unbranched alkanes of at least 4 members (excludes halogenated alkanes) is 5. The molecule has 27 heavy (non-hydrogen) atoms. The molecule has 1 aromatic rings. The second kappa shape index (κ2) is 13.6. The van der Waals surface area contributed by atoms with Crippen LogP contribution in [0.15, 0.2) is 18.2 Å². The van der Waals surface area contributed by atoms with E-state index < -0.39 is 14.2 Å². The number of aliphatic hydroxyl groups is 1. The van der Waals surface area contributed by atoms with Crippen molar-refractivity contribution in [2.45, 2.75) is 63.8 Å². The number of hydrogen-bond acceptors (Lipinski definition) is 6. The van der Waals surface area contributed by atoms with Gasteiger partial charge in [-0.1, -0.05) is 45.1 Å². The number of hydrogen-bond donors (Lipinski definition) is 2. The fraction of sp³-hybridized carbons (Fsp3) is 0.650. The van der Waals surface area contributed by atoms with Crippen LogP contribution < -0.4 is 10.5 Å². The standard InChI is InChI=1S/C20H31N2O4P/c1-2-3-4-5-6-7-12-25-19-9-8-17(13-18(19)14-21)10-11-20(22,15-23)16-26-27-24/h8-9,13,23H,2-7,10-12,15-16,22H2,1H3. The summed E-state index contributed by atoms with van der Waals surface area (Å²) in [4.78, 5) is 0. The smallest absolute Gasteiger partial charge is 0.327 e. The lowest BCUT2D eigenvalue weighted by atomic mass is 9.93. The topological polar surface area (TPSA) is 106 Å². The maximum absolute atomic E-state index is 10.4. The number of nitrogens with two attached hydrogens (primary N) is 1. The molecular weight excluding hydrogens is 363 g/mol. The van der Waals surface area contributed by atoms with Gasteiger partial charge in [0, 0.05) is 0 Å². The van der Waals surface area contributed by atoms with Crippen LogP contribution in [0, 0.1) is 11.3 Å². The Balaban J connectivity index is 2.51. The minimum atomic E-state index is -0.961. The van der Waals surface area contributed by atoms with Crippen molar-refractivity contribution < 1.29 is 18.9 Å². The highest BCUT2D eigenvalue weighted by Gasteiger charge is 2.24. The van der Waals surface area contributed by atoms with E-state index in [4.69, 9.17) is 15.0 Å². The zero-order chi connectivity index (χ0) is 20.0. The van der Waals surface area contributed by atoms with Gasteiger partial charge < -0.3 is 15.6 Å². The first kappa shape index (κ1) is 23.5. The van der Waals surface area contributed by atoms with Crippen molar-refractivity contribution in [2.75, 3.05) is 19.8 Å². The van der Waals surface area contributed by atoms with Crippen molar-refractivity contribution in [3.63, 3.8) is 0 Å². The van der Waals surface area contributed by atoms with Gasteiger partial charge in [-0.15, -0.1) is 0 Å². The lowest BCUT2D eigenvalue weighted by Crippen LogP contribution is -2.47. The highest BCUT2D eigenvalue weighted by Crippen LogP contribution is 2.22. The summed E-state index contributed by atoms with van der Waals surface area (Å²) in [6.07, 6.45) is 8.16. The van der Waals surface area contributed by atoms with Gasteiger partial charge in [-0.25, -0.2) is 4.57 Å². The molecule has 0 aromatic heterocycles. The number of aryl methyl sites for hydroxylation is 1. The van der Waals surface area contributed by atoms with Crippen LogP contribution in [0.25, 0.3) is 0 Å². The summed E-state index contributed by atoms with van der Waals surface area (Å²) >= 11 is 0. The van der Waals surface area contributed by atoms with E-state index in [1.54, 1.807) is 6.07 Å². The number of nitrogens with zero attached hydrogens (tertiary/aromatic N) is 1. The summed E-state index contributed by atoms with van der Waals surface area (Å²) in [6.45, 7) is 2.54. The van der Waals surface area contributed by atoms with E-state index in [0.717, 1.165) is 18.4 Å². The number of rotatable bonds is 15. The maximum atomic E-state index is 10.4. The van der Waals surface area contributed by atoms with Crippen LogP contribution in [0.5, 0.6) is 5.75 Å². The third-order valence-corrected chi connectivity index (χ3v) is 4.79. The molecule has 0 bridgehead atoms. The van der Waals surface area contributed by atoms with Gasteiger partial charge in [0.1, 0.15) is 11.8 Å². The van der Waals surface area contributed by atoms with E-state index in [-0.39, 0.29) is 13.2 Å². The third kappa shape index (κ3) is 9.30. The quantitative estimate of drug-likeness (QED) is 0.342. The summed E-state index contributed by atoms with van der Waals surface area (Å²) in [5.74, 6) is 0.601. The number of nitriles is 1. The first-order chi connectivity index (χ1) is 13.1. The Bertz CT molecular complexity index is 606. The molecule has 3 N–H and O–H groups in total. The minimum Gasteiger partial charge on any atom is -0.492 e. The molecule has 1 aromatic carbocycles. The molecule has 0 aliphatic heterocycles. The summed E-state index contributed by atoms with van der Waals surface area (Å²) in [5.41, 5.74) is 6.52. The van der Waals surface area contributed by atoms with Crippen molar-refractivity contribution >= 4 is 8.69 Å².